The number of aryl methyl sites for hydroxylation is 1. The highest BCUT2D eigenvalue weighted by atomic mass is 35.5. The molecule has 108 valence electrons. The maximum Gasteiger partial charge on any atom is 0.128 e. The van der Waals surface area contributed by atoms with Crippen molar-refractivity contribution in [2.75, 3.05) is 7.11 Å². The minimum absolute atomic E-state index is 0.509. The Morgan fingerprint density at radius 1 is 1.00 bits per heavy atom. The summed E-state index contributed by atoms with van der Waals surface area (Å²) < 4.78 is 13.1. The SMILES string of the molecule is COc1ccc(OCc2cc3cc(Cl)ccc3n2C)cc1. The second-order valence-electron chi connectivity index (χ2n) is 4.86. The van der Waals surface area contributed by atoms with Crippen LogP contribution in [0.4, 0.5) is 0 Å². The van der Waals surface area contributed by atoms with Crippen LogP contribution in [0.3, 0.4) is 0 Å². The number of methoxy groups -OCH3 is 1. The first kappa shape index (κ1) is 13.8. The van der Waals surface area contributed by atoms with E-state index in [2.05, 4.69) is 10.6 Å². The van der Waals surface area contributed by atoms with Crippen molar-refractivity contribution in [3.63, 3.8) is 0 Å². The summed E-state index contributed by atoms with van der Waals surface area (Å²) in [5, 5.41) is 1.87. The molecule has 4 heteroatoms. The number of halogens is 1. The van der Waals surface area contributed by atoms with Gasteiger partial charge in [0.05, 0.1) is 12.8 Å². The van der Waals surface area contributed by atoms with Gasteiger partial charge in [-0.3, -0.25) is 0 Å². The van der Waals surface area contributed by atoms with Crippen LogP contribution in [0.1, 0.15) is 5.69 Å². The molecule has 21 heavy (non-hydrogen) atoms. The fourth-order valence-electron chi connectivity index (χ4n) is 2.35. The topological polar surface area (TPSA) is 23.4 Å². The lowest BCUT2D eigenvalue weighted by Gasteiger charge is -2.08. The van der Waals surface area contributed by atoms with Crippen molar-refractivity contribution in [2.24, 2.45) is 7.05 Å². The van der Waals surface area contributed by atoms with Gasteiger partial charge in [-0.05, 0) is 48.5 Å². The highest BCUT2D eigenvalue weighted by Gasteiger charge is 2.07. The zero-order valence-electron chi connectivity index (χ0n) is 12.0. The van der Waals surface area contributed by atoms with Crippen molar-refractivity contribution in [2.45, 2.75) is 6.61 Å². The van der Waals surface area contributed by atoms with E-state index in [-0.39, 0.29) is 0 Å². The van der Waals surface area contributed by atoms with Gasteiger partial charge in [0.1, 0.15) is 18.1 Å². The molecule has 0 saturated heterocycles. The average molecular weight is 302 g/mol. The van der Waals surface area contributed by atoms with Gasteiger partial charge >= 0.3 is 0 Å². The Morgan fingerprint density at radius 3 is 2.43 bits per heavy atom. The molecule has 1 aromatic heterocycles. The van der Waals surface area contributed by atoms with Gasteiger partial charge in [0, 0.05) is 23.0 Å². The monoisotopic (exact) mass is 301 g/mol. The largest absolute Gasteiger partial charge is 0.497 e. The number of fused-ring (bicyclic) bond motifs is 1. The second kappa shape index (κ2) is 5.70. The molecule has 0 unspecified atom stereocenters. The summed E-state index contributed by atoms with van der Waals surface area (Å²) in [5.74, 6) is 1.64. The van der Waals surface area contributed by atoms with E-state index >= 15 is 0 Å². The Hall–Kier alpha value is -2.13. The van der Waals surface area contributed by atoms with Crippen LogP contribution in [0, 0.1) is 0 Å². The van der Waals surface area contributed by atoms with Gasteiger partial charge < -0.3 is 14.0 Å². The molecule has 0 atom stereocenters. The molecule has 0 aliphatic rings. The molecule has 2 aromatic carbocycles. The molecule has 0 fully saturated rings. The summed E-state index contributed by atoms with van der Waals surface area (Å²) in [5.41, 5.74) is 2.25. The third-order valence-corrected chi connectivity index (χ3v) is 3.79. The van der Waals surface area contributed by atoms with Crippen LogP contribution in [-0.2, 0) is 13.7 Å². The molecule has 0 saturated carbocycles. The molecule has 0 N–H and O–H groups in total. The van der Waals surface area contributed by atoms with Gasteiger partial charge in [0.15, 0.2) is 0 Å². The Morgan fingerprint density at radius 2 is 1.71 bits per heavy atom. The minimum Gasteiger partial charge on any atom is -0.497 e. The quantitative estimate of drug-likeness (QED) is 0.712. The molecule has 0 aliphatic carbocycles. The molecule has 1 heterocycles. The summed E-state index contributed by atoms with van der Waals surface area (Å²) in [4.78, 5) is 0. The maximum absolute atomic E-state index is 6.03. The van der Waals surface area contributed by atoms with Gasteiger partial charge in [-0.25, -0.2) is 0 Å². The minimum atomic E-state index is 0.509. The molecule has 3 nitrogen and oxygen atoms in total. The Bertz CT molecular complexity index is 762. The lowest BCUT2D eigenvalue weighted by Crippen LogP contribution is -2.01. The number of benzene rings is 2. The zero-order chi connectivity index (χ0) is 14.8. The van der Waals surface area contributed by atoms with E-state index in [4.69, 9.17) is 21.1 Å². The lowest BCUT2D eigenvalue weighted by atomic mass is 10.2. The van der Waals surface area contributed by atoms with E-state index in [1.807, 2.05) is 49.5 Å². The Labute approximate surface area is 128 Å². The molecule has 3 rings (SSSR count). The number of ether oxygens (including phenoxy) is 2. The van der Waals surface area contributed by atoms with E-state index in [1.54, 1.807) is 7.11 Å². The first-order valence-corrected chi connectivity index (χ1v) is 7.06. The molecule has 0 aliphatic heterocycles. The summed E-state index contributed by atoms with van der Waals surface area (Å²) in [6.45, 7) is 0.509. The summed E-state index contributed by atoms with van der Waals surface area (Å²) in [7, 11) is 3.68. The maximum atomic E-state index is 6.03. The van der Waals surface area contributed by atoms with Crippen molar-refractivity contribution in [3.8, 4) is 11.5 Å². The fraction of sp³-hybridized carbons (Fsp3) is 0.176. The summed E-state index contributed by atoms with van der Waals surface area (Å²) in [6.07, 6.45) is 0. The van der Waals surface area contributed by atoms with Crippen molar-refractivity contribution in [1.29, 1.82) is 0 Å². The van der Waals surface area contributed by atoms with Gasteiger partial charge in [0.25, 0.3) is 0 Å². The Balaban J connectivity index is 1.79. The molecule has 3 aromatic rings. The van der Waals surface area contributed by atoms with Crippen LogP contribution >= 0.6 is 11.6 Å². The smallest absolute Gasteiger partial charge is 0.128 e. The van der Waals surface area contributed by atoms with E-state index in [0.717, 1.165) is 33.1 Å². The molecule has 0 spiro atoms. The number of hydrogen-bond donors (Lipinski definition) is 0. The van der Waals surface area contributed by atoms with E-state index < -0.39 is 0 Å². The third kappa shape index (κ3) is 2.83. The number of aromatic nitrogens is 1. The van der Waals surface area contributed by atoms with Crippen LogP contribution < -0.4 is 9.47 Å². The zero-order valence-corrected chi connectivity index (χ0v) is 12.7. The highest BCUT2D eigenvalue weighted by Crippen LogP contribution is 2.24. The van der Waals surface area contributed by atoms with Crippen LogP contribution in [-0.4, -0.2) is 11.7 Å². The average Bonchev–Trinajstić information content (AvgIpc) is 2.81. The van der Waals surface area contributed by atoms with Gasteiger partial charge in [0.2, 0.25) is 0 Å². The van der Waals surface area contributed by atoms with E-state index in [0.29, 0.717) is 6.61 Å². The van der Waals surface area contributed by atoms with Crippen LogP contribution in [0.25, 0.3) is 10.9 Å². The molecular formula is C17H16ClNO2. The highest BCUT2D eigenvalue weighted by molar-refractivity contribution is 6.31. The first-order chi connectivity index (χ1) is 10.2. The van der Waals surface area contributed by atoms with Gasteiger partial charge in [-0.15, -0.1) is 0 Å². The van der Waals surface area contributed by atoms with Crippen molar-refractivity contribution in [3.05, 3.63) is 59.2 Å². The molecular weight excluding hydrogens is 286 g/mol. The molecule has 0 radical (unpaired) electrons. The van der Waals surface area contributed by atoms with Gasteiger partial charge in [-0.1, -0.05) is 11.6 Å². The van der Waals surface area contributed by atoms with Crippen molar-refractivity contribution >= 4 is 22.5 Å². The standard InChI is InChI=1S/C17H16ClNO2/c1-19-14(10-12-9-13(18)3-8-17(12)19)11-21-16-6-4-15(20-2)5-7-16/h3-10H,11H2,1-2H3. The van der Waals surface area contributed by atoms with Gasteiger partial charge in [-0.2, -0.15) is 0 Å². The van der Waals surface area contributed by atoms with Crippen LogP contribution in [0.5, 0.6) is 11.5 Å². The molecule has 0 amide bonds. The number of nitrogens with zero attached hydrogens (tertiary/aromatic N) is 1. The number of rotatable bonds is 4. The second-order valence-corrected chi connectivity index (χ2v) is 5.30. The molecule has 0 bridgehead atoms. The van der Waals surface area contributed by atoms with E-state index in [9.17, 15) is 0 Å². The van der Waals surface area contributed by atoms with E-state index in [1.165, 1.54) is 0 Å². The fourth-order valence-corrected chi connectivity index (χ4v) is 2.53. The summed E-state index contributed by atoms with van der Waals surface area (Å²) >= 11 is 6.03. The number of hydrogen-bond acceptors (Lipinski definition) is 2. The van der Waals surface area contributed by atoms with Crippen molar-refractivity contribution in [1.82, 2.24) is 4.57 Å². The third-order valence-electron chi connectivity index (χ3n) is 3.55. The normalized spacial score (nSPS) is 10.8. The predicted molar refractivity (Wildman–Crippen MR) is 85.3 cm³/mol. The van der Waals surface area contributed by atoms with Crippen LogP contribution in [0.15, 0.2) is 48.5 Å². The first-order valence-electron chi connectivity index (χ1n) is 6.68. The predicted octanol–water partition coefficient (Wildman–Crippen LogP) is 4.42. The lowest BCUT2D eigenvalue weighted by molar-refractivity contribution is 0.297. The summed E-state index contributed by atoms with van der Waals surface area (Å²) in [6, 6.07) is 15.6. The van der Waals surface area contributed by atoms with Crippen molar-refractivity contribution < 1.29 is 9.47 Å². The Kier molecular flexibility index (Phi) is 3.76. The van der Waals surface area contributed by atoms with Crippen LogP contribution in [0.2, 0.25) is 5.02 Å².